The molecule has 0 aliphatic carbocycles. The average molecular weight is 471 g/mol. The van der Waals surface area contributed by atoms with Crippen molar-refractivity contribution in [1.29, 1.82) is 0 Å². The smallest absolute Gasteiger partial charge is 0.247 e. The van der Waals surface area contributed by atoms with Gasteiger partial charge in [0.15, 0.2) is 5.82 Å². The van der Waals surface area contributed by atoms with Crippen LogP contribution in [0.1, 0.15) is 0 Å². The Morgan fingerprint density at radius 1 is 0.788 bits per heavy atom. The molecule has 2 aromatic carbocycles. The van der Waals surface area contributed by atoms with Crippen LogP contribution in [0.25, 0.3) is 11.3 Å². The summed E-state index contributed by atoms with van der Waals surface area (Å²) in [4.78, 5) is 2.12. The maximum absolute atomic E-state index is 13.3. The molecule has 0 bridgehead atoms. The van der Waals surface area contributed by atoms with E-state index in [-0.39, 0.29) is 10.6 Å². The van der Waals surface area contributed by atoms with Gasteiger partial charge in [0.05, 0.1) is 27.0 Å². The van der Waals surface area contributed by atoms with Crippen LogP contribution in [0.2, 0.25) is 0 Å². The van der Waals surface area contributed by atoms with Crippen LogP contribution in [0.15, 0.2) is 59.5 Å². The highest BCUT2D eigenvalue weighted by atomic mass is 32.2. The number of ether oxygens (including phenoxy) is 3. The predicted molar refractivity (Wildman–Crippen MR) is 125 cm³/mol. The third kappa shape index (κ3) is 4.57. The summed E-state index contributed by atoms with van der Waals surface area (Å²) in [6.07, 6.45) is 0. The van der Waals surface area contributed by atoms with E-state index in [0.29, 0.717) is 43.4 Å². The van der Waals surface area contributed by atoms with Gasteiger partial charge in [0, 0.05) is 37.8 Å². The molecular formula is C23H26N4O5S. The number of anilines is 1. The first kappa shape index (κ1) is 22.8. The number of rotatable bonds is 7. The number of hydrogen-bond donors (Lipinski definition) is 0. The van der Waals surface area contributed by atoms with E-state index in [2.05, 4.69) is 10.2 Å². The van der Waals surface area contributed by atoms with Crippen LogP contribution in [-0.2, 0) is 10.0 Å². The van der Waals surface area contributed by atoms with E-state index in [9.17, 15) is 8.42 Å². The molecule has 0 unspecified atom stereocenters. The molecule has 1 aliphatic heterocycles. The highest BCUT2D eigenvalue weighted by Crippen LogP contribution is 2.32. The first-order valence-electron chi connectivity index (χ1n) is 10.4. The quantitative estimate of drug-likeness (QED) is 0.520. The van der Waals surface area contributed by atoms with Gasteiger partial charge >= 0.3 is 0 Å². The summed E-state index contributed by atoms with van der Waals surface area (Å²) in [6, 6.07) is 16.2. The molecule has 0 radical (unpaired) electrons. The minimum atomic E-state index is -3.74. The molecule has 0 saturated carbocycles. The fourth-order valence-electron chi connectivity index (χ4n) is 3.78. The van der Waals surface area contributed by atoms with Gasteiger partial charge in [-0.1, -0.05) is 12.1 Å². The lowest BCUT2D eigenvalue weighted by molar-refractivity contribution is 0.370. The number of piperazine rings is 1. The number of para-hydroxylation sites is 1. The highest BCUT2D eigenvalue weighted by molar-refractivity contribution is 7.89. The van der Waals surface area contributed by atoms with Crippen molar-refractivity contribution in [2.75, 3.05) is 52.4 Å². The van der Waals surface area contributed by atoms with Crippen molar-refractivity contribution in [3.05, 3.63) is 54.6 Å². The Labute approximate surface area is 193 Å². The fourth-order valence-corrected chi connectivity index (χ4v) is 5.37. The van der Waals surface area contributed by atoms with Crippen LogP contribution in [0.3, 0.4) is 0 Å². The van der Waals surface area contributed by atoms with Crippen molar-refractivity contribution < 1.29 is 22.6 Å². The van der Waals surface area contributed by atoms with Crippen molar-refractivity contribution >= 4 is 15.8 Å². The molecule has 0 atom stereocenters. The largest absolute Gasteiger partial charge is 0.497 e. The molecule has 1 aliphatic rings. The van der Waals surface area contributed by atoms with E-state index in [0.717, 1.165) is 11.3 Å². The molecule has 4 rings (SSSR count). The van der Waals surface area contributed by atoms with Gasteiger partial charge in [0.1, 0.15) is 22.1 Å². The Morgan fingerprint density at radius 3 is 2.15 bits per heavy atom. The zero-order valence-electron chi connectivity index (χ0n) is 18.8. The molecule has 33 heavy (non-hydrogen) atoms. The Balaban J connectivity index is 1.48. The van der Waals surface area contributed by atoms with Crippen LogP contribution < -0.4 is 19.1 Å². The summed E-state index contributed by atoms with van der Waals surface area (Å²) < 4.78 is 43.9. The van der Waals surface area contributed by atoms with Crippen molar-refractivity contribution in [3.8, 4) is 28.5 Å². The zero-order valence-corrected chi connectivity index (χ0v) is 19.6. The summed E-state index contributed by atoms with van der Waals surface area (Å²) in [5.74, 6) is 2.17. The summed E-state index contributed by atoms with van der Waals surface area (Å²) >= 11 is 0. The van der Waals surface area contributed by atoms with E-state index < -0.39 is 10.0 Å². The van der Waals surface area contributed by atoms with Crippen LogP contribution >= 0.6 is 0 Å². The van der Waals surface area contributed by atoms with Gasteiger partial charge in [-0.05, 0) is 36.4 Å². The lowest BCUT2D eigenvalue weighted by Gasteiger charge is -2.34. The Hall–Kier alpha value is -3.37. The van der Waals surface area contributed by atoms with Crippen molar-refractivity contribution in [2.45, 2.75) is 4.90 Å². The van der Waals surface area contributed by atoms with Gasteiger partial charge in [-0.3, -0.25) is 0 Å². The standard InChI is InChI=1S/C23H26N4O5S/c1-30-17-8-10-21(32-3)22(16-17)33(28,29)27-14-12-26(13-15-27)23-11-9-19(24-25-23)18-6-4-5-7-20(18)31-2/h4-11,16H,12-15H2,1-3H3. The summed E-state index contributed by atoms with van der Waals surface area (Å²) in [5, 5.41) is 8.72. The molecule has 0 spiro atoms. The minimum Gasteiger partial charge on any atom is -0.497 e. The Kier molecular flexibility index (Phi) is 6.66. The first-order chi connectivity index (χ1) is 16.0. The third-order valence-corrected chi connectivity index (χ3v) is 7.50. The second-order valence-electron chi connectivity index (χ2n) is 7.38. The van der Waals surface area contributed by atoms with Crippen molar-refractivity contribution in [2.24, 2.45) is 0 Å². The van der Waals surface area contributed by atoms with E-state index >= 15 is 0 Å². The van der Waals surface area contributed by atoms with Gasteiger partial charge in [-0.25, -0.2) is 8.42 Å². The maximum Gasteiger partial charge on any atom is 0.247 e. The predicted octanol–water partition coefficient (Wildman–Crippen LogP) is 2.68. The van der Waals surface area contributed by atoms with Crippen LogP contribution in [0, 0.1) is 0 Å². The molecular weight excluding hydrogens is 444 g/mol. The maximum atomic E-state index is 13.3. The molecule has 174 valence electrons. The minimum absolute atomic E-state index is 0.0961. The van der Waals surface area contributed by atoms with Gasteiger partial charge in [0.25, 0.3) is 0 Å². The summed E-state index contributed by atoms with van der Waals surface area (Å²) in [7, 11) is 0.826. The topological polar surface area (TPSA) is 94.1 Å². The Morgan fingerprint density at radius 2 is 1.52 bits per heavy atom. The molecule has 1 saturated heterocycles. The van der Waals surface area contributed by atoms with E-state index in [1.54, 1.807) is 19.2 Å². The van der Waals surface area contributed by atoms with Gasteiger partial charge < -0.3 is 19.1 Å². The number of sulfonamides is 1. The summed E-state index contributed by atoms with van der Waals surface area (Å²) in [6.45, 7) is 1.62. The molecule has 10 heteroatoms. The van der Waals surface area contributed by atoms with Crippen LogP contribution in [-0.4, -0.2) is 70.4 Å². The van der Waals surface area contributed by atoms with Crippen LogP contribution in [0.5, 0.6) is 17.2 Å². The van der Waals surface area contributed by atoms with E-state index in [1.807, 2.05) is 41.3 Å². The lowest BCUT2D eigenvalue weighted by atomic mass is 10.1. The number of methoxy groups -OCH3 is 3. The van der Waals surface area contributed by atoms with Gasteiger partial charge in [-0.15, -0.1) is 10.2 Å². The molecule has 0 amide bonds. The van der Waals surface area contributed by atoms with Crippen molar-refractivity contribution in [1.82, 2.24) is 14.5 Å². The zero-order chi connectivity index (χ0) is 23.4. The third-order valence-electron chi connectivity index (χ3n) is 5.58. The average Bonchev–Trinajstić information content (AvgIpc) is 2.88. The van der Waals surface area contributed by atoms with E-state index in [4.69, 9.17) is 14.2 Å². The van der Waals surface area contributed by atoms with E-state index in [1.165, 1.54) is 24.6 Å². The lowest BCUT2D eigenvalue weighted by Crippen LogP contribution is -2.49. The molecule has 9 nitrogen and oxygen atoms in total. The van der Waals surface area contributed by atoms with Gasteiger partial charge in [-0.2, -0.15) is 4.31 Å². The van der Waals surface area contributed by atoms with Crippen molar-refractivity contribution in [3.63, 3.8) is 0 Å². The fraction of sp³-hybridized carbons (Fsp3) is 0.304. The SMILES string of the molecule is COc1ccc(OC)c(S(=O)(=O)N2CCN(c3ccc(-c4ccccc4OC)nn3)CC2)c1. The summed E-state index contributed by atoms with van der Waals surface area (Å²) in [5.41, 5.74) is 1.57. The Bertz CT molecular complexity index is 1210. The number of aromatic nitrogens is 2. The molecule has 0 N–H and O–H groups in total. The number of benzene rings is 2. The number of nitrogens with zero attached hydrogens (tertiary/aromatic N) is 4. The molecule has 2 heterocycles. The molecule has 3 aromatic rings. The highest BCUT2D eigenvalue weighted by Gasteiger charge is 2.31. The monoisotopic (exact) mass is 470 g/mol. The molecule has 1 fully saturated rings. The first-order valence-corrected chi connectivity index (χ1v) is 11.9. The number of hydrogen-bond acceptors (Lipinski definition) is 8. The van der Waals surface area contributed by atoms with Gasteiger partial charge in [0.2, 0.25) is 10.0 Å². The second kappa shape index (κ2) is 9.63. The van der Waals surface area contributed by atoms with Crippen LogP contribution in [0.4, 0.5) is 5.82 Å². The molecule has 1 aromatic heterocycles. The normalized spacial score (nSPS) is 14.7. The second-order valence-corrected chi connectivity index (χ2v) is 9.29.